The summed E-state index contributed by atoms with van der Waals surface area (Å²) in [6.07, 6.45) is -0.244. The van der Waals surface area contributed by atoms with Crippen LogP contribution in [0.4, 0.5) is 9.59 Å². The Labute approximate surface area is 177 Å². The van der Waals surface area contributed by atoms with E-state index >= 15 is 0 Å². The predicted molar refractivity (Wildman–Crippen MR) is 113 cm³/mol. The molecular weight excluding hydrogens is 384 g/mol. The molecule has 0 radical (unpaired) electrons. The first-order valence-electron chi connectivity index (χ1n) is 10.2. The van der Waals surface area contributed by atoms with Gasteiger partial charge in [0.2, 0.25) is 0 Å². The Hall–Kier alpha value is -3.06. The Morgan fingerprint density at radius 3 is 2.00 bits per heavy atom. The molecule has 2 atom stereocenters. The van der Waals surface area contributed by atoms with Crippen LogP contribution in [0.25, 0.3) is 0 Å². The molecule has 0 aliphatic heterocycles. The maximum Gasteiger partial charge on any atom is 0.429 e. The minimum atomic E-state index is -0.866. The van der Waals surface area contributed by atoms with E-state index in [1.165, 1.54) is 0 Å². The lowest BCUT2D eigenvalue weighted by atomic mass is 10.1. The summed E-state index contributed by atoms with van der Waals surface area (Å²) < 4.78 is 10.6. The predicted octanol–water partition coefficient (Wildman–Crippen LogP) is 4.41. The molecule has 2 aromatic rings. The minimum Gasteiger partial charge on any atom is -0.443 e. The molecule has 7 nitrogen and oxygen atoms in total. The normalized spacial score (nSPS) is 12.5. The number of carbonyl (C=O) groups excluding carboxylic acids is 2. The van der Waals surface area contributed by atoms with Gasteiger partial charge in [-0.1, -0.05) is 80.4 Å². The number of nitrogens with one attached hydrogen (secondary N) is 1. The van der Waals surface area contributed by atoms with Gasteiger partial charge in [0, 0.05) is 0 Å². The highest BCUT2D eigenvalue weighted by Gasteiger charge is 2.30. The van der Waals surface area contributed by atoms with Crippen molar-refractivity contribution in [2.24, 2.45) is 0 Å². The summed E-state index contributed by atoms with van der Waals surface area (Å²) in [7, 11) is 0. The lowest BCUT2D eigenvalue weighted by molar-refractivity contribution is 0.00635. The highest BCUT2D eigenvalue weighted by Crippen LogP contribution is 2.14. The van der Waals surface area contributed by atoms with E-state index in [-0.39, 0.29) is 13.2 Å². The third-order valence-corrected chi connectivity index (χ3v) is 4.57. The zero-order valence-corrected chi connectivity index (χ0v) is 17.5. The molecule has 2 rings (SSSR count). The van der Waals surface area contributed by atoms with Gasteiger partial charge >= 0.3 is 12.2 Å². The first kappa shape index (κ1) is 23.2. The zero-order valence-electron chi connectivity index (χ0n) is 17.5. The van der Waals surface area contributed by atoms with Crippen LogP contribution >= 0.6 is 0 Å². The van der Waals surface area contributed by atoms with Crippen LogP contribution in [0.15, 0.2) is 60.7 Å². The third kappa shape index (κ3) is 7.75. The number of amides is 2. The van der Waals surface area contributed by atoms with Crippen LogP contribution in [0.2, 0.25) is 0 Å². The monoisotopic (exact) mass is 414 g/mol. The highest BCUT2D eigenvalue weighted by atomic mass is 16.6. The summed E-state index contributed by atoms with van der Waals surface area (Å²) in [6, 6.07) is 17.8. The minimum absolute atomic E-state index is 0.0528. The summed E-state index contributed by atoms with van der Waals surface area (Å²) >= 11 is 0. The molecule has 0 spiro atoms. The van der Waals surface area contributed by atoms with E-state index in [0.717, 1.165) is 29.0 Å². The smallest absolute Gasteiger partial charge is 0.429 e. The first-order valence-corrected chi connectivity index (χ1v) is 10.2. The zero-order chi connectivity index (χ0) is 21.8. The fourth-order valence-corrected chi connectivity index (χ4v) is 2.91. The van der Waals surface area contributed by atoms with Crippen molar-refractivity contribution >= 4 is 12.2 Å². The largest absolute Gasteiger partial charge is 0.443 e. The molecular formula is C23H30N2O5. The molecule has 0 saturated carbocycles. The molecule has 162 valence electrons. The van der Waals surface area contributed by atoms with Crippen LogP contribution in [0.5, 0.6) is 0 Å². The van der Waals surface area contributed by atoms with E-state index in [1.54, 1.807) is 6.92 Å². The van der Waals surface area contributed by atoms with Gasteiger partial charge in [-0.3, -0.25) is 0 Å². The molecule has 0 unspecified atom stereocenters. The number of hydrogen-bond donors (Lipinski definition) is 2. The second-order valence-corrected chi connectivity index (χ2v) is 7.03. The van der Waals surface area contributed by atoms with Gasteiger partial charge in [0.25, 0.3) is 0 Å². The molecule has 0 aliphatic carbocycles. The Morgan fingerprint density at radius 1 is 0.967 bits per heavy atom. The van der Waals surface area contributed by atoms with Gasteiger partial charge in [-0.2, -0.15) is 0 Å². The first-order chi connectivity index (χ1) is 14.5. The number of ether oxygens (including phenoxy) is 2. The van der Waals surface area contributed by atoms with Crippen molar-refractivity contribution in [3.8, 4) is 0 Å². The molecule has 0 heterocycles. The second kappa shape index (κ2) is 12.5. The fourth-order valence-electron chi connectivity index (χ4n) is 2.91. The van der Waals surface area contributed by atoms with E-state index in [2.05, 4.69) is 5.43 Å². The van der Waals surface area contributed by atoms with Crippen molar-refractivity contribution < 1.29 is 24.2 Å². The van der Waals surface area contributed by atoms with Gasteiger partial charge < -0.3 is 14.6 Å². The van der Waals surface area contributed by atoms with E-state index in [0.29, 0.717) is 6.42 Å². The standard InChI is InChI=1S/C23H30N2O5/c1-3-4-15-21(18(2)26)25(23(28)30-17-20-13-9-6-10-14-20)24-22(27)29-16-19-11-7-5-8-12-19/h5-14,18,21,26H,3-4,15-17H2,1-2H3,(H,24,27)/t18-,21+/m0/s1. The molecule has 0 bridgehead atoms. The van der Waals surface area contributed by atoms with Crippen molar-refractivity contribution in [3.05, 3.63) is 71.8 Å². The lowest BCUT2D eigenvalue weighted by Crippen LogP contribution is -2.55. The summed E-state index contributed by atoms with van der Waals surface area (Å²) in [6.45, 7) is 3.71. The number of aliphatic hydroxyl groups is 1. The molecule has 0 aliphatic rings. The van der Waals surface area contributed by atoms with Crippen LogP contribution in [0.3, 0.4) is 0 Å². The van der Waals surface area contributed by atoms with E-state index < -0.39 is 24.3 Å². The van der Waals surface area contributed by atoms with E-state index in [9.17, 15) is 14.7 Å². The SMILES string of the molecule is CCCC[C@H]([C@H](C)O)N(NC(=O)OCc1ccccc1)C(=O)OCc1ccccc1. The Balaban J connectivity index is 2.04. The molecule has 2 aromatic carbocycles. The van der Waals surface area contributed by atoms with Crippen LogP contribution in [-0.4, -0.2) is 34.4 Å². The number of aliphatic hydroxyl groups excluding tert-OH is 1. The van der Waals surface area contributed by atoms with Crippen molar-refractivity contribution in [1.29, 1.82) is 0 Å². The van der Waals surface area contributed by atoms with Gasteiger partial charge in [-0.25, -0.2) is 20.0 Å². The van der Waals surface area contributed by atoms with Gasteiger partial charge in [-0.05, 0) is 24.5 Å². The topological polar surface area (TPSA) is 88.1 Å². The highest BCUT2D eigenvalue weighted by molar-refractivity contribution is 5.74. The Bertz CT molecular complexity index is 768. The average molecular weight is 415 g/mol. The second-order valence-electron chi connectivity index (χ2n) is 7.03. The molecule has 0 aromatic heterocycles. The molecule has 0 saturated heterocycles. The van der Waals surface area contributed by atoms with Crippen molar-refractivity contribution in [3.63, 3.8) is 0 Å². The molecule has 2 N–H and O–H groups in total. The van der Waals surface area contributed by atoms with Crippen LogP contribution < -0.4 is 5.43 Å². The number of rotatable bonds is 9. The van der Waals surface area contributed by atoms with E-state index in [4.69, 9.17) is 9.47 Å². The number of hydrogen-bond acceptors (Lipinski definition) is 5. The lowest BCUT2D eigenvalue weighted by Gasteiger charge is -2.32. The Morgan fingerprint density at radius 2 is 1.50 bits per heavy atom. The summed E-state index contributed by atoms with van der Waals surface area (Å²) in [5.74, 6) is 0. The maximum absolute atomic E-state index is 12.8. The van der Waals surface area contributed by atoms with Gasteiger partial charge in [-0.15, -0.1) is 0 Å². The Kier molecular flexibility index (Phi) is 9.67. The number of nitrogens with zero attached hydrogens (tertiary/aromatic N) is 1. The van der Waals surface area contributed by atoms with Crippen LogP contribution in [0.1, 0.15) is 44.2 Å². The van der Waals surface area contributed by atoms with Gasteiger partial charge in [0.15, 0.2) is 0 Å². The van der Waals surface area contributed by atoms with Crippen LogP contribution in [-0.2, 0) is 22.7 Å². The summed E-state index contributed by atoms with van der Waals surface area (Å²) in [5.41, 5.74) is 4.09. The number of benzene rings is 2. The van der Waals surface area contributed by atoms with Crippen molar-refractivity contribution in [2.45, 2.75) is 58.5 Å². The molecule has 2 amide bonds. The van der Waals surface area contributed by atoms with Crippen molar-refractivity contribution in [2.75, 3.05) is 0 Å². The maximum atomic E-state index is 12.8. The molecule has 7 heteroatoms. The third-order valence-electron chi connectivity index (χ3n) is 4.57. The van der Waals surface area contributed by atoms with Gasteiger partial charge in [0.05, 0.1) is 12.1 Å². The number of carbonyl (C=O) groups is 2. The quantitative estimate of drug-likeness (QED) is 0.594. The van der Waals surface area contributed by atoms with Gasteiger partial charge in [0.1, 0.15) is 13.2 Å². The fraction of sp³-hybridized carbons (Fsp3) is 0.391. The summed E-state index contributed by atoms with van der Waals surface area (Å²) in [5, 5.41) is 11.3. The molecule has 0 fully saturated rings. The van der Waals surface area contributed by atoms with Crippen LogP contribution in [0, 0.1) is 0 Å². The van der Waals surface area contributed by atoms with Crippen molar-refractivity contribution in [1.82, 2.24) is 10.4 Å². The number of hydrazine groups is 1. The molecule has 30 heavy (non-hydrogen) atoms. The summed E-state index contributed by atoms with van der Waals surface area (Å²) in [4.78, 5) is 25.1. The number of unbranched alkanes of at least 4 members (excludes halogenated alkanes) is 1. The van der Waals surface area contributed by atoms with E-state index in [1.807, 2.05) is 67.6 Å². The average Bonchev–Trinajstić information content (AvgIpc) is 2.76.